The van der Waals surface area contributed by atoms with Crippen LogP contribution in [0.15, 0.2) is 30.3 Å². The molecule has 4 nitrogen and oxygen atoms in total. The largest absolute Gasteiger partial charge is 0.341 e. The van der Waals surface area contributed by atoms with Crippen LogP contribution in [0.5, 0.6) is 0 Å². The SMILES string of the molecule is CN(Cc1ccccc1)CC1CCN(C(=O)C2(N)CCCCC2)CC1. The lowest BCUT2D eigenvalue weighted by Crippen LogP contribution is -2.57. The Morgan fingerprint density at radius 1 is 1.16 bits per heavy atom. The maximum absolute atomic E-state index is 12.8. The summed E-state index contributed by atoms with van der Waals surface area (Å²) in [7, 11) is 2.20. The first-order chi connectivity index (χ1) is 12.1. The molecule has 25 heavy (non-hydrogen) atoms. The third kappa shape index (κ3) is 4.83. The molecule has 4 heteroatoms. The summed E-state index contributed by atoms with van der Waals surface area (Å²) in [5, 5.41) is 0. The van der Waals surface area contributed by atoms with Crippen LogP contribution in [0.3, 0.4) is 0 Å². The van der Waals surface area contributed by atoms with Gasteiger partial charge in [0.1, 0.15) is 0 Å². The Morgan fingerprint density at radius 3 is 2.44 bits per heavy atom. The minimum Gasteiger partial charge on any atom is -0.341 e. The molecule has 1 aromatic rings. The van der Waals surface area contributed by atoms with Crippen LogP contribution in [-0.4, -0.2) is 47.9 Å². The molecule has 0 atom stereocenters. The van der Waals surface area contributed by atoms with E-state index < -0.39 is 5.54 Å². The van der Waals surface area contributed by atoms with Crippen molar-refractivity contribution in [3.63, 3.8) is 0 Å². The molecule has 0 spiro atoms. The van der Waals surface area contributed by atoms with Gasteiger partial charge >= 0.3 is 0 Å². The zero-order valence-corrected chi connectivity index (χ0v) is 15.6. The molecule has 1 aliphatic carbocycles. The van der Waals surface area contributed by atoms with Crippen molar-refractivity contribution in [2.24, 2.45) is 11.7 Å². The average Bonchev–Trinajstić information content (AvgIpc) is 2.63. The second kappa shape index (κ2) is 8.33. The molecule has 2 aliphatic rings. The van der Waals surface area contributed by atoms with Crippen molar-refractivity contribution in [3.8, 4) is 0 Å². The summed E-state index contributed by atoms with van der Waals surface area (Å²) in [5.74, 6) is 0.890. The quantitative estimate of drug-likeness (QED) is 0.894. The van der Waals surface area contributed by atoms with Gasteiger partial charge in [0.05, 0.1) is 5.54 Å². The van der Waals surface area contributed by atoms with E-state index in [4.69, 9.17) is 5.73 Å². The number of carbonyl (C=O) groups is 1. The first kappa shape index (κ1) is 18.4. The van der Waals surface area contributed by atoms with Gasteiger partial charge in [-0.1, -0.05) is 49.6 Å². The predicted octanol–water partition coefficient (Wildman–Crippen LogP) is 3.02. The van der Waals surface area contributed by atoms with E-state index >= 15 is 0 Å². The number of hydrogen-bond donors (Lipinski definition) is 1. The van der Waals surface area contributed by atoms with Gasteiger partial charge < -0.3 is 15.5 Å². The number of carbonyl (C=O) groups excluding carboxylic acids is 1. The maximum Gasteiger partial charge on any atom is 0.242 e. The summed E-state index contributed by atoms with van der Waals surface area (Å²) >= 11 is 0. The van der Waals surface area contributed by atoms with Crippen molar-refractivity contribution in [1.29, 1.82) is 0 Å². The van der Waals surface area contributed by atoms with Gasteiger partial charge in [-0.05, 0) is 44.2 Å². The van der Waals surface area contributed by atoms with Crippen LogP contribution < -0.4 is 5.73 Å². The van der Waals surface area contributed by atoms with Crippen LogP contribution in [-0.2, 0) is 11.3 Å². The zero-order chi connectivity index (χ0) is 17.7. The van der Waals surface area contributed by atoms with Gasteiger partial charge in [-0.3, -0.25) is 4.79 Å². The number of piperidine rings is 1. The number of likely N-dealkylation sites (tertiary alicyclic amines) is 1. The smallest absolute Gasteiger partial charge is 0.242 e. The molecule has 1 heterocycles. The third-order valence-electron chi connectivity index (χ3n) is 5.94. The fraction of sp³-hybridized carbons (Fsp3) is 0.667. The number of benzene rings is 1. The van der Waals surface area contributed by atoms with E-state index in [1.807, 2.05) is 4.90 Å². The molecule has 1 aromatic carbocycles. The number of rotatable bonds is 5. The van der Waals surface area contributed by atoms with Gasteiger partial charge in [-0.25, -0.2) is 0 Å². The van der Waals surface area contributed by atoms with E-state index in [0.29, 0.717) is 5.92 Å². The highest BCUT2D eigenvalue weighted by Gasteiger charge is 2.39. The molecular weight excluding hydrogens is 310 g/mol. The van der Waals surface area contributed by atoms with Crippen molar-refractivity contribution < 1.29 is 4.79 Å². The minimum absolute atomic E-state index is 0.211. The molecule has 1 saturated heterocycles. The number of nitrogens with two attached hydrogens (primary N) is 1. The van der Waals surface area contributed by atoms with Crippen LogP contribution >= 0.6 is 0 Å². The predicted molar refractivity (Wildman–Crippen MR) is 102 cm³/mol. The number of amides is 1. The zero-order valence-electron chi connectivity index (χ0n) is 15.6. The van der Waals surface area contributed by atoms with E-state index in [-0.39, 0.29) is 5.91 Å². The third-order valence-corrected chi connectivity index (χ3v) is 5.94. The Morgan fingerprint density at radius 2 is 1.80 bits per heavy atom. The molecule has 0 bridgehead atoms. The monoisotopic (exact) mass is 343 g/mol. The number of hydrogen-bond acceptors (Lipinski definition) is 3. The fourth-order valence-corrected chi connectivity index (χ4v) is 4.43. The van der Waals surface area contributed by atoms with Gasteiger partial charge in [-0.15, -0.1) is 0 Å². The highest BCUT2D eigenvalue weighted by Crippen LogP contribution is 2.29. The van der Waals surface area contributed by atoms with Crippen LogP contribution in [0, 0.1) is 5.92 Å². The normalized spacial score (nSPS) is 21.5. The summed E-state index contributed by atoms with van der Waals surface area (Å²) in [6, 6.07) is 10.6. The van der Waals surface area contributed by atoms with Crippen molar-refractivity contribution in [2.75, 3.05) is 26.7 Å². The van der Waals surface area contributed by atoms with Crippen LogP contribution in [0.4, 0.5) is 0 Å². The van der Waals surface area contributed by atoms with E-state index in [0.717, 1.165) is 64.7 Å². The van der Waals surface area contributed by atoms with Gasteiger partial charge in [0.15, 0.2) is 0 Å². The molecule has 1 saturated carbocycles. The maximum atomic E-state index is 12.8. The molecule has 1 amide bonds. The fourth-order valence-electron chi connectivity index (χ4n) is 4.43. The summed E-state index contributed by atoms with van der Waals surface area (Å²) in [6.45, 7) is 3.85. The molecule has 0 unspecified atom stereocenters. The number of nitrogens with zero attached hydrogens (tertiary/aromatic N) is 2. The van der Waals surface area contributed by atoms with Crippen LogP contribution in [0.2, 0.25) is 0 Å². The lowest BCUT2D eigenvalue weighted by Gasteiger charge is -2.40. The van der Waals surface area contributed by atoms with E-state index in [9.17, 15) is 4.79 Å². The molecule has 2 N–H and O–H groups in total. The van der Waals surface area contributed by atoms with Gasteiger partial charge in [0.2, 0.25) is 5.91 Å². The first-order valence-electron chi connectivity index (χ1n) is 9.87. The van der Waals surface area contributed by atoms with Crippen molar-refractivity contribution in [2.45, 2.75) is 57.0 Å². The summed E-state index contributed by atoms with van der Waals surface area (Å²) in [5.41, 5.74) is 7.22. The first-order valence-corrected chi connectivity index (χ1v) is 9.87. The Balaban J connectivity index is 1.44. The Kier molecular flexibility index (Phi) is 6.13. The Bertz CT molecular complexity index is 546. The average molecular weight is 344 g/mol. The van der Waals surface area contributed by atoms with E-state index in [1.54, 1.807) is 0 Å². The lowest BCUT2D eigenvalue weighted by molar-refractivity contribution is -0.139. The molecule has 1 aliphatic heterocycles. The minimum atomic E-state index is -0.574. The molecule has 0 aromatic heterocycles. The lowest BCUT2D eigenvalue weighted by atomic mass is 9.81. The van der Waals surface area contributed by atoms with Crippen LogP contribution in [0.25, 0.3) is 0 Å². The Labute approximate surface area is 152 Å². The van der Waals surface area contributed by atoms with Gasteiger partial charge in [0.25, 0.3) is 0 Å². The van der Waals surface area contributed by atoms with E-state index in [2.05, 4.69) is 42.3 Å². The topological polar surface area (TPSA) is 49.6 Å². The second-order valence-corrected chi connectivity index (χ2v) is 8.13. The molecular formula is C21H33N3O. The summed E-state index contributed by atoms with van der Waals surface area (Å²) in [4.78, 5) is 17.3. The van der Waals surface area contributed by atoms with Crippen molar-refractivity contribution in [1.82, 2.24) is 9.80 Å². The summed E-state index contributed by atoms with van der Waals surface area (Å²) in [6.07, 6.45) is 7.35. The molecule has 3 rings (SSSR count). The van der Waals surface area contributed by atoms with Gasteiger partial charge in [0, 0.05) is 26.2 Å². The highest BCUT2D eigenvalue weighted by molar-refractivity contribution is 5.86. The standard InChI is InChI=1S/C21H33N3O/c1-23(16-18-8-4-2-5-9-18)17-19-10-14-24(15-11-19)20(25)21(22)12-6-3-7-13-21/h2,4-5,8-9,19H,3,6-7,10-17,22H2,1H3. The second-order valence-electron chi connectivity index (χ2n) is 8.13. The Hall–Kier alpha value is -1.39. The summed E-state index contributed by atoms with van der Waals surface area (Å²) < 4.78 is 0. The molecule has 2 fully saturated rings. The van der Waals surface area contributed by atoms with Crippen LogP contribution in [0.1, 0.15) is 50.5 Å². The highest BCUT2D eigenvalue weighted by atomic mass is 16.2. The van der Waals surface area contributed by atoms with E-state index in [1.165, 1.54) is 12.0 Å². The molecule has 0 radical (unpaired) electrons. The molecule has 138 valence electrons. The van der Waals surface area contributed by atoms with Crippen molar-refractivity contribution >= 4 is 5.91 Å². The van der Waals surface area contributed by atoms with Crippen molar-refractivity contribution in [3.05, 3.63) is 35.9 Å². The van der Waals surface area contributed by atoms with Gasteiger partial charge in [-0.2, -0.15) is 0 Å².